The van der Waals surface area contributed by atoms with Gasteiger partial charge in [0.15, 0.2) is 5.65 Å². The molecule has 10 heteroatoms. The van der Waals surface area contributed by atoms with E-state index in [1.54, 1.807) is 24.6 Å². The van der Waals surface area contributed by atoms with Gasteiger partial charge in [-0.2, -0.15) is 10.1 Å². The number of hydrogen-bond acceptors (Lipinski definition) is 8. The number of rotatable bonds is 7. The molecule has 4 aromatic rings. The van der Waals surface area contributed by atoms with Gasteiger partial charge in [0.2, 0.25) is 11.8 Å². The number of fused-ring (bicyclic) bond motifs is 4. The standard InChI is InChI=1S/C23H27N7O2S/c1-4-5-6-12-7-13(19(24)31)9-16-17(12)18-21(26-11(2)27-23(18)33-16)28-15-8-14-10-25-30-20(14)29-22(15)32-3/h8,10,12-13H,4-7,9H2,1-3H3,(H2,24,31)(H,25,29,30)(H,26,27,28)/t12?,13-/m0/s1. The zero-order chi connectivity index (χ0) is 23.1. The van der Waals surface area contributed by atoms with Crippen LogP contribution in [0.1, 0.15) is 54.8 Å². The van der Waals surface area contributed by atoms with Crippen LogP contribution in [0.2, 0.25) is 0 Å². The molecule has 9 nitrogen and oxygen atoms in total. The van der Waals surface area contributed by atoms with Crippen molar-refractivity contribution in [1.29, 1.82) is 0 Å². The number of carbonyl (C=O) groups is 1. The maximum atomic E-state index is 12.1. The van der Waals surface area contributed by atoms with Gasteiger partial charge >= 0.3 is 0 Å². The Morgan fingerprint density at radius 2 is 2.21 bits per heavy atom. The molecule has 4 N–H and O–H groups in total. The SMILES string of the molecule is CCCCC1C[C@H](C(N)=O)Cc2sc3nc(C)nc(Nc4cc5cn[nH]c5nc4OC)c3c21. The number of primary amides is 1. The summed E-state index contributed by atoms with van der Waals surface area (Å²) >= 11 is 1.65. The van der Waals surface area contributed by atoms with Crippen LogP contribution in [0.3, 0.4) is 0 Å². The minimum atomic E-state index is -0.218. The molecule has 1 unspecified atom stereocenters. The van der Waals surface area contributed by atoms with Crippen LogP contribution in [0, 0.1) is 12.8 Å². The van der Waals surface area contributed by atoms with Crippen molar-refractivity contribution in [3.8, 4) is 5.88 Å². The molecule has 172 valence electrons. The lowest BCUT2D eigenvalue weighted by Gasteiger charge is -2.28. The minimum Gasteiger partial charge on any atom is -0.479 e. The summed E-state index contributed by atoms with van der Waals surface area (Å²) in [5, 5.41) is 12.3. The average Bonchev–Trinajstić information content (AvgIpc) is 3.40. The number of ether oxygens (including phenoxy) is 1. The van der Waals surface area contributed by atoms with E-state index in [1.165, 1.54) is 10.4 Å². The van der Waals surface area contributed by atoms with E-state index in [0.29, 0.717) is 29.5 Å². The van der Waals surface area contributed by atoms with Crippen LogP contribution >= 0.6 is 11.3 Å². The maximum absolute atomic E-state index is 12.1. The molecule has 33 heavy (non-hydrogen) atoms. The van der Waals surface area contributed by atoms with Crippen molar-refractivity contribution in [2.24, 2.45) is 11.7 Å². The summed E-state index contributed by atoms with van der Waals surface area (Å²) in [6.45, 7) is 4.07. The van der Waals surface area contributed by atoms with E-state index >= 15 is 0 Å². The highest BCUT2D eigenvalue weighted by Crippen LogP contribution is 2.48. The normalized spacial score (nSPS) is 17.9. The Morgan fingerprint density at radius 1 is 1.36 bits per heavy atom. The van der Waals surface area contributed by atoms with Crippen LogP contribution < -0.4 is 15.8 Å². The van der Waals surface area contributed by atoms with Gasteiger partial charge in [0.25, 0.3) is 0 Å². The first-order valence-corrected chi connectivity index (χ1v) is 12.0. The van der Waals surface area contributed by atoms with Crippen molar-refractivity contribution in [2.45, 2.75) is 51.9 Å². The van der Waals surface area contributed by atoms with E-state index in [0.717, 1.165) is 47.1 Å². The summed E-state index contributed by atoms with van der Waals surface area (Å²) in [5.41, 5.74) is 8.36. The second-order valence-corrected chi connectivity index (χ2v) is 9.68. The number of H-pyrrole nitrogens is 1. The summed E-state index contributed by atoms with van der Waals surface area (Å²) < 4.78 is 5.53. The molecular formula is C23H27N7O2S. The number of nitrogens with one attached hydrogen (secondary N) is 2. The monoisotopic (exact) mass is 465 g/mol. The van der Waals surface area contributed by atoms with Gasteiger partial charge in [-0.25, -0.2) is 9.97 Å². The van der Waals surface area contributed by atoms with Gasteiger partial charge in [0.1, 0.15) is 22.2 Å². The molecule has 5 rings (SSSR count). The highest BCUT2D eigenvalue weighted by molar-refractivity contribution is 7.19. The van der Waals surface area contributed by atoms with Crippen molar-refractivity contribution in [3.63, 3.8) is 0 Å². The Morgan fingerprint density at radius 3 is 2.97 bits per heavy atom. The first kappa shape index (κ1) is 21.6. The summed E-state index contributed by atoms with van der Waals surface area (Å²) in [6.07, 6.45) is 6.37. The molecule has 0 bridgehead atoms. The molecule has 0 fully saturated rings. The van der Waals surface area contributed by atoms with Gasteiger partial charge in [-0.3, -0.25) is 9.89 Å². The smallest absolute Gasteiger partial charge is 0.239 e. The Balaban J connectivity index is 1.65. The zero-order valence-corrected chi connectivity index (χ0v) is 19.8. The third kappa shape index (κ3) is 3.88. The molecule has 0 spiro atoms. The third-order valence-electron chi connectivity index (χ3n) is 6.33. The molecule has 0 radical (unpaired) electrons. The number of hydrogen-bond donors (Lipinski definition) is 3. The number of carbonyl (C=O) groups excluding carboxylic acids is 1. The highest BCUT2D eigenvalue weighted by atomic mass is 32.1. The van der Waals surface area contributed by atoms with Gasteiger partial charge in [-0.1, -0.05) is 19.8 Å². The van der Waals surface area contributed by atoms with Crippen LogP contribution in [0.5, 0.6) is 5.88 Å². The number of nitrogens with zero attached hydrogens (tertiary/aromatic N) is 4. The summed E-state index contributed by atoms with van der Waals surface area (Å²) in [7, 11) is 1.59. The molecule has 1 aliphatic carbocycles. The molecule has 4 aromatic heterocycles. The van der Waals surface area contributed by atoms with E-state index in [2.05, 4.69) is 27.4 Å². The topological polar surface area (TPSA) is 132 Å². The summed E-state index contributed by atoms with van der Waals surface area (Å²) in [5.74, 6) is 1.77. The zero-order valence-electron chi connectivity index (χ0n) is 18.9. The molecular weight excluding hydrogens is 438 g/mol. The van der Waals surface area contributed by atoms with Crippen LogP contribution in [0.4, 0.5) is 11.5 Å². The quantitative estimate of drug-likeness (QED) is 0.370. The highest BCUT2D eigenvalue weighted by Gasteiger charge is 2.34. The lowest BCUT2D eigenvalue weighted by molar-refractivity contribution is -0.122. The van der Waals surface area contributed by atoms with Crippen LogP contribution in [-0.2, 0) is 11.2 Å². The van der Waals surface area contributed by atoms with Crippen molar-refractivity contribution >= 4 is 50.0 Å². The predicted octanol–water partition coefficient (Wildman–Crippen LogP) is 4.34. The molecule has 4 heterocycles. The number of nitrogens with two attached hydrogens (primary N) is 1. The fourth-order valence-corrected chi connectivity index (χ4v) is 6.16. The van der Waals surface area contributed by atoms with Gasteiger partial charge in [-0.05, 0) is 43.7 Å². The van der Waals surface area contributed by atoms with Crippen molar-refractivity contribution in [3.05, 3.63) is 28.5 Å². The lowest BCUT2D eigenvalue weighted by atomic mass is 9.77. The van der Waals surface area contributed by atoms with Gasteiger partial charge in [-0.15, -0.1) is 11.3 Å². The van der Waals surface area contributed by atoms with Crippen molar-refractivity contribution < 1.29 is 9.53 Å². The molecule has 0 saturated heterocycles. The number of unbranched alkanes of at least 4 members (excludes halogenated alkanes) is 1. The molecule has 2 atom stereocenters. The Kier molecular flexibility index (Phi) is 5.61. The Labute approximate surface area is 195 Å². The predicted molar refractivity (Wildman–Crippen MR) is 129 cm³/mol. The number of anilines is 2. The number of pyridine rings is 1. The number of aromatic amines is 1. The number of amides is 1. The lowest BCUT2D eigenvalue weighted by Crippen LogP contribution is -2.30. The first-order valence-electron chi connectivity index (χ1n) is 11.2. The van der Waals surface area contributed by atoms with E-state index in [9.17, 15) is 4.79 Å². The van der Waals surface area contributed by atoms with Crippen molar-refractivity contribution in [2.75, 3.05) is 12.4 Å². The third-order valence-corrected chi connectivity index (χ3v) is 7.45. The van der Waals surface area contributed by atoms with Gasteiger partial charge in [0, 0.05) is 16.2 Å². The fourth-order valence-electron chi connectivity index (χ4n) is 4.78. The number of aryl methyl sites for hydroxylation is 1. The second kappa shape index (κ2) is 8.58. The van der Waals surface area contributed by atoms with E-state index in [1.807, 2.05) is 13.0 Å². The molecule has 1 amide bonds. The fraction of sp³-hybridized carbons (Fsp3) is 0.435. The first-order chi connectivity index (χ1) is 16.0. The van der Waals surface area contributed by atoms with Crippen LogP contribution in [-0.4, -0.2) is 38.2 Å². The summed E-state index contributed by atoms with van der Waals surface area (Å²) in [4.78, 5) is 28.2. The largest absolute Gasteiger partial charge is 0.479 e. The van der Waals surface area contributed by atoms with Crippen molar-refractivity contribution in [1.82, 2.24) is 25.1 Å². The van der Waals surface area contributed by atoms with Crippen LogP contribution in [0.25, 0.3) is 21.3 Å². The summed E-state index contributed by atoms with van der Waals surface area (Å²) in [6, 6.07) is 1.95. The number of thiophene rings is 1. The second-order valence-electron chi connectivity index (χ2n) is 8.59. The Bertz CT molecular complexity index is 1350. The molecule has 0 aliphatic heterocycles. The van der Waals surface area contributed by atoms with E-state index in [-0.39, 0.29) is 17.7 Å². The number of methoxy groups -OCH3 is 1. The average molecular weight is 466 g/mol. The van der Waals surface area contributed by atoms with Gasteiger partial charge in [0.05, 0.1) is 18.7 Å². The van der Waals surface area contributed by atoms with Gasteiger partial charge < -0.3 is 15.8 Å². The molecule has 1 aliphatic rings. The van der Waals surface area contributed by atoms with Crippen LogP contribution in [0.15, 0.2) is 12.3 Å². The van der Waals surface area contributed by atoms with E-state index < -0.39 is 0 Å². The molecule has 0 saturated carbocycles. The maximum Gasteiger partial charge on any atom is 0.239 e. The number of aromatic nitrogens is 5. The minimum absolute atomic E-state index is 0.134. The molecule has 0 aromatic carbocycles. The van der Waals surface area contributed by atoms with E-state index in [4.69, 9.17) is 20.4 Å². The Hall–Kier alpha value is -3.27.